The zero-order chi connectivity index (χ0) is 19.1. The van der Waals surface area contributed by atoms with Crippen LogP contribution in [0.1, 0.15) is 22.3 Å². The molecule has 1 heterocycles. The minimum Gasteiger partial charge on any atom is -0.490 e. The lowest BCUT2D eigenvalue weighted by atomic mass is 9.88. The maximum atomic E-state index is 12.6. The number of nitro benzene ring substituents is 1. The van der Waals surface area contributed by atoms with E-state index in [1.807, 2.05) is 0 Å². The maximum absolute atomic E-state index is 12.6. The van der Waals surface area contributed by atoms with Crippen molar-refractivity contribution in [1.82, 2.24) is 0 Å². The Kier molecular flexibility index (Phi) is 4.51. The first-order valence-electron chi connectivity index (χ1n) is 7.46. The fourth-order valence-electron chi connectivity index (χ4n) is 2.83. The van der Waals surface area contributed by atoms with Crippen LogP contribution in [0.5, 0.6) is 5.75 Å². The number of aliphatic hydroxyl groups is 1. The molecule has 8 nitrogen and oxygen atoms in total. The number of hydrogen-bond donors (Lipinski definition) is 2. The van der Waals surface area contributed by atoms with E-state index in [2.05, 4.69) is 21.2 Å². The van der Waals surface area contributed by atoms with Crippen molar-refractivity contribution < 1.29 is 24.4 Å². The molecule has 0 fully saturated rings. The third-order valence-electron chi connectivity index (χ3n) is 4.16. The molecule has 26 heavy (non-hydrogen) atoms. The number of methoxy groups -OCH3 is 1. The maximum Gasteiger partial charge on any atom is 0.311 e. The lowest BCUT2D eigenvalue weighted by molar-refractivity contribution is -0.385. The zero-order valence-electron chi connectivity index (χ0n) is 13.5. The van der Waals surface area contributed by atoms with E-state index < -0.39 is 28.6 Å². The molecule has 0 aromatic heterocycles. The number of halogens is 1. The molecule has 1 amide bonds. The van der Waals surface area contributed by atoms with Crippen LogP contribution in [0.3, 0.4) is 0 Å². The molecule has 0 unspecified atom stereocenters. The Labute approximate surface area is 156 Å². The van der Waals surface area contributed by atoms with Gasteiger partial charge in [0.2, 0.25) is 0 Å². The van der Waals surface area contributed by atoms with Crippen molar-refractivity contribution in [3.8, 4) is 5.75 Å². The van der Waals surface area contributed by atoms with Gasteiger partial charge >= 0.3 is 5.69 Å². The molecule has 2 N–H and O–H groups in total. The van der Waals surface area contributed by atoms with Gasteiger partial charge in [-0.1, -0.05) is 15.9 Å². The molecule has 0 saturated carbocycles. The Hall–Kier alpha value is -2.78. The molecule has 1 aliphatic heterocycles. The monoisotopic (exact) mass is 420 g/mol. The molecule has 0 bridgehead atoms. The lowest BCUT2D eigenvalue weighted by Crippen LogP contribution is -2.36. The fraction of sp³-hybridized carbons (Fsp3) is 0.176. The van der Waals surface area contributed by atoms with Gasteiger partial charge in [-0.05, 0) is 30.3 Å². The molecule has 0 radical (unpaired) electrons. The van der Waals surface area contributed by atoms with Crippen molar-refractivity contribution in [3.63, 3.8) is 0 Å². The SMILES string of the molecule is COc1ccc(C(=O)C[C@@]2(O)C(=O)Nc3ccc(Br)cc32)cc1[N+](=O)[O-]. The van der Waals surface area contributed by atoms with E-state index in [-0.39, 0.29) is 22.6 Å². The van der Waals surface area contributed by atoms with Gasteiger partial charge in [0.15, 0.2) is 17.1 Å². The summed E-state index contributed by atoms with van der Waals surface area (Å²) in [6.07, 6.45) is -0.550. The van der Waals surface area contributed by atoms with E-state index in [4.69, 9.17) is 4.74 Å². The predicted octanol–water partition coefficient (Wildman–Crippen LogP) is 2.78. The van der Waals surface area contributed by atoms with Crippen LogP contribution in [0.15, 0.2) is 40.9 Å². The zero-order valence-corrected chi connectivity index (χ0v) is 15.1. The third-order valence-corrected chi connectivity index (χ3v) is 4.66. The number of rotatable bonds is 5. The van der Waals surface area contributed by atoms with Crippen LogP contribution in [0, 0.1) is 10.1 Å². The number of ether oxygens (including phenoxy) is 1. The second-order valence-electron chi connectivity index (χ2n) is 5.75. The van der Waals surface area contributed by atoms with Gasteiger partial charge in [-0.3, -0.25) is 19.7 Å². The number of nitrogens with one attached hydrogen (secondary N) is 1. The van der Waals surface area contributed by atoms with Crippen LogP contribution in [0.2, 0.25) is 0 Å². The average molecular weight is 421 g/mol. The highest BCUT2D eigenvalue weighted by Gasteiger charge is 2.47. The van der Waals surface area contributed by atoms with Crippen LogP contribution in [-0.4, -0.2) is 28.8 Å². The van der Waals surface area contributed by atoms with E-state index in [9.17, 15) is 24.8 Å². The molecule has 0 aliphatic carbocycles. The van der Waals surface area contributed by atoms with Crippen molar-refractivity contribution in [2.75, 3.05) is 12.4 Å². The van der Waals surface area contributed by atoms with Gasteiger partial charge in [0, 0.05) is 27.4 Å². The van der Waals surface area contributed by atoms with Gasteiger partial charge in [-0.2, -0.15) is 0 Å². The van der Waals surface area contributed by atoms with E-state index in [1.54, 1.807) is 18.2 Å². The van der Waals surface area contributed by atoms with E-state index in [0.29, 0.717) is 10.2 Å². The minimum absolute atomic E-state index is 0.00201. The highest BCUT2D eigenvalue weighted by Crippen LogP contribution is 2.40. The lowest BCUT2D eigenvalue weighted by Gasteiger charge is -2.20. The highest BCUT2D eigenvalue weighted by molar-refractivity contribution is 9.10. The second-order valence-corrected chi connectivity index (χ2v) is 6.66. The molecular weight excluding hydrogens is 408 g/mol. The number of ketones is 1. The second kappa shape index (κ2) is 6.50. The largest absolute Gasteiger partial charge is 0.490 e. The van der Waals surface area contributed by atoms with Crippen molar-refractivity contribution in [1.29, 1.82) is 0 Å². The average Bonchev–Trinajstić information content (AvgIpc) is 2.85. The molecule has 0 spiro atoms. The standard InChI is InChI=1S/C17H13BrN2O6/c1-26-15-5-2-9(6-13(15)20(24)25)14(21)8-17(23)11-7-10(18)3-4-12(11)19-16(17)22/h2-7,23H,8H2,1H3,(H,19,22)/t17-/m0/s1. The number of anilines is 1. The molecule has 134 valence electrons. The fourth-order valence-corrected chi connectivity index (χ4v) is 3.19. The first-order chi connectivity index (χ1) is 12.3. The summed E-state index contributed by atoms with van der Waals surface area (Å²) in [6, 6.07) is 8.58. The van der Waals surface area contributed by atoms with E-state index in [0.717, 1.165) is 6.07 Å². The number of nitro groups is 1. The van der Waals surface area contributed by atoms with Gasteiger partial charge in [-0.25, -0.2) is 0 Å². The molecule has 2 aromatic carbocycles. The number of hydrogen-bond acceptors (Lipinski definition) is 6. The quantitative estimate of drug-likeness (QED) is 0.436. The first-order valence-corrected chi connectivity index (χ1v) is 8.25. The van der Waals surface area contributed by atoms with Crippen LogP contribution in [-0.2, 0) is 10.4 Å². The Bertz CT molecular complexity index is 945. The number of nitrogens with zero attached hydrogens (tertiary/aromatic N) is 1. The number of amides is 1. The smallest absolute Gasteiger partial charge is 0.311 e. The normalized spacial score (nSPS) is 18.2. The topological polar surface area (TPSA) is 119 Å². The molecule has 1 aliphatic rings. The van der Waals surface area contributed by atoms with Gasteiger partial charge in [0.1, 0.15) is 0 Å². The van der Waals surface area contributed by atoms with E-state index in [1.165, 1.54) is 19.2 Å². The molecular formula is C17H13BrN2O6. The summed E-state index contributed by atoms with van der Waals surface area (Å²) < 4.78 is 5.54. The minimum atomic E-state index is -2.05. The first kappa shape index (κ1) is 18.0. The van der Waals surface area contributed by atoms with Crippen molar-refractivity contribution in [2.45, 2.75) is 12.0 Å². The summed E-state index contributed by atoms with van der Waals surface area (Å²) in [5.41, 5.74) is -1.74. The number of Topliss-reactive ketones (excluding diaryl/α,β-unsaturated/α-hetero) is 1. The van der Waals surface area contributed by atoms with Gasteiger partial charge in [-0.15, -0.1) is 0 Å². The number of carbonyl (C=O) groups excluding carboxylic acids is 2. The van der Waals surface area contributed by atoms with Crippen molar-refractivity contribution >= 4 is 39.0 Å². The third kappa shape index (κ3) is 2.95. The summed E-state index contributed by atoms with van der Waals surface area (Å²) in [5, 5.41) is 24.5. The van der Waals surface area contributed by atoms with Crippen molar-refractivity contribution in [3.05, 3.63) is 62.1 Å². The van der Waals surface area contributed by atoms with Crippen LogP contribution >= 0.6 is 15.9 Å². The molecule has 1 atom stereocenters. The molecule has 9 heteroatoms. The Morgan fingerprint density at radius 1 is 1.35 bits per heavy atom. The van der Waals surface area contributed by atoms with Crippen LogP contribution < -0.4 is 10.1 Å². The Morgan fingerprint density at radius 3 is 2.73 bits per heavy atom. The number of benzene rings is 2. The summed E-state index contributed by atoms with van der Waals surface area (Å²) in [4.78, 5) is 35.3. The van der Waals surface area contributed by atoms with Gasteiger partial charge in [0.05, 0.1) is 18.5 Å². The van der Waals surface area contributed by atoms with Crippen LogP contribution in [0.4, 0.5) is 11.4 Å². The van der Waals surface area contributed by atoms with Gasteiger partial charge in [0.25, 0.3) is 5.91 Å². The Balaban J connectivity index is 1.96. The van der Waals surface area contributed by atoms with Crippen LogP contribution in [0.25, 0.3) is 0 Å². The number of fused-ring (bicyclic) bond motifs is 1. The van der Waals surface area contributed by atoms with E-state index >= 15 is 0 Å². The number of carbonyl (C=O) groups is 2. The molecule has 3 rings (SSSR count). The summed E-state index contributed by atoms with van der Waals surface area (Å²) in [6.45, 7) is 0. The molecule has 0 saturated heterocycles. The summed E-state index contributed by atoms with van der Waals surface area (Å²) in [5.74, 6) is -1.32. The van der Waals surface area contributed by atoms with Crippen molar-refractivity contribution in [2.24, 2.45) is 0 Å². The summed E-state index contributed by atoms with van der Waals surface area (Å²) in [7, 11) is 1.28. The summed E-state index contributed by atoms with van der Waals surface area (Å²) >= 11 is 3.26. The predicted molar refractivity (Wildman–Crippen MR) is 95.3 cm³/mol. The molecule has 2 aromatic rings. The van der Waals surface area contributed by atoms with Gasteiger partial charge < -0.3 is 15.2 Å². The highest BCUT2D eigenvalue weighted by atomic mass is 79.9. The Morgan fingerprint density at radius 2 is 2.08 bits per heavy atom.